The first-order chi connectivity index (χ1) is 7.75. The van der Waals surface area contributed by atoms with E-state index in [0.29, 0.717) is 17.5 Å². The second-order valence-corrected chi connectivity index (χ2v) is 4.35. The number of nitrogens with one attached hydrogen (secondary N) is 1. The van der Waals surface area contributed by atoms with Gasteiger partial charge < -0.3 is 10.4 Å². The highest BCUT2D eigenvalue weighted by Crippen LogP contribution is 2.17. The topological polar surface area (TPSA) is 58.0 Å². The summed E-state index contributed by atoms with van der Waals surface area (Å²) in [7, 11) is 0. The van der Waals surface area contributed by atoms with Crippen LogP contribution in [0, 0.1) is 0 Å². The molecule has 2 aromatic heterocycles. The normalized spacial score (nSPS) is 12.4. The average Bonchev–Trinajstić information content (AvgIpc) is 2.79. The van der Waals surface area contributed by atoms with Crippen molar-refractivity contribution in [2.45, 2.75) is 6.10 Å². The molecule has 16 heavy (non-hydrogen) atoms. The molecule has 4 nitrogen and oxygen atoms in total. The van der Waals surface area contributed by atoms with E-state index >= 15 is 0 Å². The van der Waals surface area contributed by atoms with Crippen LogP contribution in [-0.2, 0) is 0 Å². The van der Waals surface area contributed by atoms with Gasteiger partial charge in [0.05, 0.1) is 6.10 Å². The van der Waals surface area contributed by atoms with Crippen LogP contribution in [-0.4, -0.2) is 21.6 Å². The Balaban J connectivity index is 1.92. The minimum absolute atomic E-state index is 0.377. The molecule has 0 amide bonds. The maximum atomic E-state index is 9.81. The van der Waals surface area contributed by atoms with Crippen molar-refractivity contribution in [3.63, 3.8) is 0 Å². The molecule has 0 spiro atoms. The summed E-state index contributed by atoms with van der Waals surface area (Å²) < 4.78 is 0. The molecule has 6 heteroatoms. The molecule has 2 rings (SSSR count). The first-order valence-electron chi connectivity index (χ1n) is 4.67. The van der Waals surface area contributed by atoms with Crippen LogP contribution in [0.4, 0.5) is 5.82 Å². The van der Waals surface area contributed by atoms with Crippen molar-refractivity contribution in [2.75, 3.05) is 11.9 Å². The monoisotopic (exact) mass is 255 g/mol. The summed E-state index contributed by atoms with van der Waals surface area (Å²) in [5.41, 5.74) is 0.901. The molecule has 0 saturated heterocycles. The molecule has 0 aliphatic carbocycles. The van der Waals surface area contributed by atoms with Gasteiger partial charge in [0.15, 0.2) is 0 Å². The Morgan fingerprint density at radius 3 is 3.06 bits per heavy atom. The summed E-state index contributed by atoms with van der Waals surface area (Å²) in [6, 6.07) is 3.51. The number of nitrogens with zero attached hydrogens (tertiary/aromatic N) is 2. The van der Waals surface area contributed by atoms with Crippen LogP contribution in [0.2, 0.25) is 5.15 Å². The van der Waals surface area contributed by atoms with Gasteiger partial charge in [-0.15, -0.1) is 0 Å². The van der Waals surface area contributed by atoms with Gasteiger partial charge in [-0.05, 0) is 22.4 Å². The minimum Gasteiger partial charge on any atom is -0.387 e. The van der Waals surface area contributed by atoms with E-state index in [1.165, 1.54) is 6.33 Å². The SMILES string of the molecule is OC(CNc1cc(Cl)ncn1)c1ccsc1. The summed E-state index contributed by atoms with van der Waals surface area (Å²) in [4.78, 5) is 7.75. The standard InChI is InChI=1S/C10H10ClN3OS/c11-9-3-10(14-6-13-9)12-4-8(15)7-1-2-16-5-7/h1-3,5-6,8,15H,4H2,(H,12,13,14). The molecule has 2 N–H and O–H groups in total. The van der Waals surface area contributed by atoms with Crippen molar-refractivity contribution in [3.8, 4) is 0 Å². The molecule has 2 aromatic rings. The van der Waals surface area contributed by atoms with Crippen LogP contribution in [0.3, 0.4) is 0 Å². The predicted octanol–water partition coefficient (Wildman–Crippen LogP) is 2.34. The Bertz CT molecular complexity index is 449. The maximum Gasteiger partial charge on any atom is 0.134 e. The fraction of sp³-hybridized carbons (Fsp3) is 0.200. The summed E-state index contributed by atoms with van der Waals surface area (Å²) in [5.74, 6) is 0.606. The highest BCUT2D eigenvalue weighted by molar-refractivity contribution is 7.07. The lowest BCUT2D eigenvalue weighted by molar-refractivity contribution is 0.192. The van der Waals surface area contributed by atoms with Crippen LogP contribution in [0.1, 0.15) is 11.7 Å². The zero-order chi connectivity index (χ0) is 11.4. The van der Waals surface area contributed by atoms with E-state index in [9.17, 15) is 5.11 Å². The van der Waals surface area contributed by atoms with Crippen LogP contribution in [0.25, 0.3) is 0 Å². The van der Waals surface area contributed by atoms with Crippen molar-refractivity contribution in [3.05, 3.63) is 39.9 Å². The van der Waals surface area contributed by atoms with Crippen LogP contribution in [0.5, 0.6) is 0 Å². The molecule has 2 heterocycles. The van der Waals surface area contributed by atoms with Gasteiger partial charge in [0.2, 0.25) is 0 Å². The first-order valence-corrected chi connectivity index (χ1v) is 5.99. The number of aromatic nitrogens is 2. The van der Waals surface area contributed by atoms with E-state index in [2.05, 4.69) is 15.3 Å². The van der Waals surface area contributed by atoms with E-state index in [1.54, 1.807) is 17.4 Å². The summed E-state index contributed by atoms with van der Waals surface area (Å²) in [6.07, 6.45) is 0.835. The molecular weight excluding hydrogens is 246 g/mol. The van der Waals surface area contributed by atoms with E-state index in [-0.39, 0.29) is 0 Å². The van der Waals surface area contributed by atoms with Crippen molar-refractivity contribution in [1.82, 2.24) is 9.97 Å². The number of hydrogen-bond donors (Lipinski definition) is 2. The highest BCUT2D eigenvalue weighted by atomic mass is 35.5. The second-order valence-electron chi connectivity index (χ2n) is 3.18. The molecule has 1 unspecified atom stereocenters. The molecule has 0 bridgehead atoms. The Morgan fingerprint density at radius 1 is 1.50 bits per heavy atom. The highest BCUT2D eigenvalue weighted by Gasteiger charge is 2.07. The largest absolute Gasteiger partial charge is 0.387 e. The zero-order valence-corrected chi connectivity index (χ0v) is 9.87. The molecule has 0 aliphatic heterocycles. The second kappa shape index (κ2) is 5.25. The van der Waals surface area contributed by atoms with Crippen LogP contribution < -0.4 is 5.32 Å². The van der Waals surface area contributed by atoms with E-state index in [4.69, 9.17) is 11.6 Å². The van der Waals surface area contributed by atoms with Crippen molar-refractivity contribution < 1.29 is 5.11 Å². The molecule has 0 fully saturated rings. The zero-order valence-electron chi connectivity index (χ0n) is 8.30. The molecule has 0 radical (unpaired) electrons. The smallest absolute Gasteiger partial charge is 0.134 e. The fourth-order valence-electron chi connectivity index (χ4n) is 1.21. The lowest BCUT2D eigenvalue weighted by Crippen LogP contribution is -2.12. The number of anilines is 1. The molecule has 0 aliphatic rings. The number of aliphatic hydroxyl groups excluding tert-OH is 1. The molecular formula is C10H10ClN3OS. The van der Waals surface area contributed by atoms with Gasteiger partial charge in [0.25, 0.3) is 0 Å². The van der Waals surface area contributed by atoms with Gasteiger partial charge >= 0.3 is 0 Å². The van der Waals surface area contributed by atoms with Gasteiger partial charge in [-0.2, -0.15) is 11.3 Å². The summed E-state index contributed by atoms with van der Waals surface area (Å²) in [5, 5.41) is 17.0. The van der Waals surface area contributed by atoms with Gasteiger partial charge in [-0.3, -0.25) is 0 Å². The third-order valence-electron chi connectivity index (χ3n) is 2.04. The molecule has 0 saturated carbocycles. The lowest BCUT2D eigenvalue weighted by Gasteiger charge is -2.10. The number of halogens is 1. The van der Waals surface area contributed by atoms with Gasteiger partial charge in [-0.1, -0.05) is 11.6 Å². The molecule has 1 atom stereocenters. The maximum absolute atomic E-state index is 9.81. The third kappa shape index (κ3) is 2.91. The number of aliphatic hydroxyl groups is 1. The Kier molecular flexibility index (Phi) is 3.71. The molecule has 0 aromatic carbocycles. The molecule has 84 valence electrons. The van der Waals surface area contributed by atoms with Crippen LogP contribution in [0.15, 0.2) is 29.2 Å². The Morgan fingerprint density at radius 2 is 2.38 bits per heavy atom. The summed E-state index contributed by atoms with van der Waals surface area (Å²) in [6.45, 7) is 0.393. The van der Waals surface area contributed by atoms with E-state index in [0.717, 1.165) is 5.56 Å². The van der Waals surface area contributed by atoms with Crippen molar-refractivity contribution in [1.29, 1.82) is 0 Å². The van der Waals surface area contributed by atoms with E-state index in [1.807, 2.05) is 16.8 Å². The predicted molar refractivity (Wildman–Crippen MR) is 64.8 cm³/mol. The van der Waals surface area contributed by atoms with E-state index < -0.39 is 6.10 Å². The first kappa shape index (κ1) is 11.3. The van der Waals surface area contributed by atoms with Crippen molar-refractivity contribution >= 4 is 28.8 Å². The Labute approximate surface area is 102 Å². The van der Waals surface area contributed by atoms with Gasteiger partial charge in [-0.25, -0.2) is 9.97 Å². The number of rotatable bonds is 4. The van der Waals surface area contributed by atoms with Crippen molar-refractivity contribution in [2.24, 2.45) is 0 Å². The fourth-order valence-corrected chi connectivity index (χ4v) is 2.07. The minimum atomic E-state index is -0.542. The quantitative estimate of drug-likeness (QED) is 0.824. The number of thiophene rings is 1. The Hall–Kier alpha value is -1.17. The van der Waals surface area contributed by atoms with Gasteiger partial charge in [0.1, 0.15) is 17.3 Å². The lowest BCUT2D eigenvalue weighted by atomic mass is 10.2. The average molecular weight is 256 g/mol. The third-order valence-corrected chi connectivity index (χ3v) is 2.95. The van der Waals surface area contributed by atoms with Crippen LogP contribution >= 0.6 is 22.9 Å². The van der Waals surface area contributed by atoms with Gasteiger partial charge in [0, 0.05) is 12.6 Å². The summed E-state index contributed by atoms with van der Waals surface area (Å²) >= 11 is 7.27. The number of hydrogen-bond acceptors (Lipinski definition) is 5.